The normalized spacial score (nSPS) is 12.0. The van der Waals surface area contributed by atoms with Gasteiger partial charge >= 0.3 is 0 Å². The Morgan fingerprint density at radius 2 is 1.83 bits per heavy atom. The Kier molecular flexibility index (Phi) is 5.38. The number of aromatic nitrogens is 2. The number of halogens is 2. The highest BCUT2D eigenvalue weighted by molar-refractivity contribution is 7.94. The Bertz CT molecular complexity index is 876. The minimum absolute atomic E-state index is 0.101. The van der Waals surface area contributed by atoms with Crippen LogP contribution in [0, 0.1) is 5.41 Å². The molecule has 0 radical (unpaired) electrons. The van der Waals surface area contributed by atoms with Crippen molar-refractivity contribution in [2.24, 2.45) is 5.41 Å². The van der Waals surface area contributed by atoms with E-state index in [0.29, 0.717) is 5.02 Å². The van der Waals surface area contributed by atoms with E-state index < -0.39 is 15.4 Å². The zero-order valence-electron chi connectivity index (χ0n) is 12.9. The van der Waals surface area contributed by atoms with Crippen LogP contribution in [-0.4, -0.2) is 24.5 Å². The highest BCUT2D eigenvalue weighted by atomic mass is 35.5. The topological polar surface area (TPSA) is 101 Å². The predicted molar refractivity (Wildman–Crippen MR) is 95.3 cm³/mol. The summed E-state index contributed by atoms with van der Waals surface area (Å²) in [6.07, 6.45) is 0. The van der Waals surface area contributed by atoms with Gasteiger partial charge in [0, 0.05) is 5.41 Å². The van der Waals surface area contributed by atoms with E-state index in [1.165, 1.54) is 18.2 Å². The van der Waals surface area contributed by atoms with E-state index in [1.54, 1.807) is 20.8 Å². The van der Waals surface area contributed by atoms with Crippen LogP contribution in [0.4, 0.5) is 10.8 Å². The van der Waals surface area contributed by atoms with Gasteiger partial charge in [-0.25, -0.2) is 0 Å². The molecule has 0 bridgehead atoms. The van der Waals surface area contributed by atoms with Crippen LogP contribution in [0.1, 0.15) is 20.8 Å². The third-order valence-electron chi connectivity index (χ3n) is 2.71. The molecule has 0 saturated heterocycles. The molecule has 0 aliphatic rings. The quantitative estimate of drug-likeness (QED) is 0.751. The summed E-state index contributed by atoms with van der Waals surface area (Å²) in [6.45, 7) is 5.19. The van der Waals surface area contributed by atoms with Crippen LogP contribution in [0.25, 0.3) is 0 Å². The maximum atomic E-state index is 12.3. The van der Waals surface area contributed by atoms with Gasteiger partial charge in [-0.1, -0.05) is 55.3 Å². The van der Waals surface area contributed by atoms with Crippen molar-refractivity contribution in [3.8, 4) is 0 Å². The van der Waals surface area contributed by atoms with Crippen LogP contribution in [0.2, 0.25) is 10.0 Å². The van der Waals surface area contributed by atoms with Crippen molar-refractivity contribution in [3.05, 3.63) is 28.2 Å². The Labute approximate surface area is 153 Å². The van der Waals surface area contributed by atoms with Crippen molar-refractivity contribution >= 4 is 61.3 Å². The highest BCUT2D eigenvalue weighted by Crippen LogP contribution is 2.28. The second-order valence-electron chi connectivity index (χ2n) is 5.81. The summed E-state index contributed by atoms with van der Waals surface area (Å²) < 4.78 is 26.6. The Morgan fingerprint density at radius 1 is 1.17 bits per heavy atom. The molecule has 1 amide bonds. The van der Waals surface area contributed by atoms with Gasteiger partial charge in [0.05, 0.1) is 15.7 Å². The average Bonchev–Trinajstić information content (AvgIpc) is 2.91. The lowest BCUT2D eigenvalue weighted by molar-refractivity contribution is -0.123. The summed E-state index contributed by atoms with van der Waals surface area (Å²) in [5.74, 6) is -0.292. The summed E-state index contributed by atoms with van der Waals surface area (Å²) >= 11 is 12.4. The molecule has 0 aliphatic heterocycles. The molecule has 1 heterocycles. The molecule has 1 aromatic heterocycles. The molecule has 0 fully saturated rings. The molecule has 0 spiro atoms. The Morgan fingerprint density at radius 3 is 2.42 bits per heavy atom. The number of sulfonamides is 1. The number of carbonyl (C=O) groups is 1. The molecule has 2 aromatic rings. The molecule has 0 atom stereocenters. The van der Waals surface area contributed by atoms with E-state index in [2.05, 4.69) is 20.2 Å². The molecule has 24 heavy (non-hydrogen) atoms. The van der Waals surface area contributed by atoms with Crippen LogP contribution in [0.5, 0.6) is 0 Å². The van der Waals surface area contributed by atoms with Crippen molar-refractivity contribution < 1.29 is 13.2 Å². The number of carbonyl (C=O) groups excluding carboxylic acids is 1. The second-order valence-corrected chi connectivity index (χ2v) is 9.46. The number of hydrogen-bond acceptors (Lipinski definition) is 6. The van der Waals surface area contributed by atoms with Crippen molar-refractivity contribution in [1.82, 2.24) is 10.2 Å². The van der Waals surface area contributed by atoms with Gasteiger partial charge < -0.3 is 5.32 Å². The van der Waals surface area contributed by atoms with E-state index in [0.717, 1.165) is 11.3 Å². The number of nitrogens with one attached hydrogen (secondary N) is 2. The molecule has 7 nitrogen and oxygen atoms in total. The van der Waals surface area contributed by atoms with Gasteiger partial charge in [-0.3, -0.25) is 9.52 Å². The first-order valence-corrected chi connectivity index (χ1v) is 9.67. The van der Waals surface area contributed by atoms with Crippen molar-refractivity contribution in [2.45, 2.75) is 25.1 Å². The zero-order valence-corrected chi connectivity index (χ0v) is 16.1. The fourth-order valence-electron chi connectivity index (χ4n) is 1.41. The number of hydrogen-bond donors (Lipinski definition) is 2. The standard InChI is InChI=1S/C13H14Cl2N4O3S2/c1-13(2,3)10(20)16-11-17-18-12(23-11)24(21,22)19-7-4-5-8(14)9(15)6-7/h4-6,19H,1-3H3,(H,16,17,20). The first-order chi connectivity index (χ1) is 11.0. The Balaban J connectivity index is 2.18. The van der Waals surface area contributed by atoms with Gasteiger partial charge in [0.2, 0.25) is 11.0 Å². The third kappa shape index (κ3) is 4.56. The lowest BCUT2D eigenvalue weighted by atomic mass is 9.96. The number of nitrogens with zero attached hydrogens (tertiary/aromatic N) is 2. The number of benzene rings is 1. The van der Waals surface area contributed by atoms with E-state index in [9.17, 15) is 13.2 Å². The molecule has 0 unspecified atom stereocenters. The van der Waals surface area contributed by atoms with Gasteiger partial charge in [0.25, 0.3) is 14.4 Å². The van der Waals surface area contributed by atoms with Crippen LogP contribution >= 0.6 is 34.5 Å². The molecular weight excluding hydrogens is 395 g/mol. The third-order valence-corrected chi connectivity index (χ3v) is 6.04. The number of anilines is 2. The summed E-state index contributed by atoms with van der Waals surface area (Å²) in [5.41, 5.74) is -0.400. The number of amides is 1. The highest BCUT2D eigenvalue weighted by Gasteiger charge is 2.25. The minimum atomic E-state index is -3.95. The molecular formula is C13H14Cl2N4O3S2. The molecule has 130 valence electrons. The average molecular weight is 409 g/mol. The van der Waals surface area contributed by atoms with Gasteiger partial charge in [-0.2, -0.15) is 8.42 Å². The van der Waals surface area contributed by atoms with Gasteiger partial charge in [-0.05, 0) is 18.2 Å². The van der Waals surface area contributed by atoms with Crippen LogP contribution < -0.4 is 10.0 Å². The monoisotopic (exact) mass is 408 g/mol. The summed E-state index contributed by atoms with van der Waals surface area (Å²) in [6, 6.07) is 4.32. The number of rotatable bonds is 4. The molecule has 1 aromatic carbocycles. The van der Waals surface area contributed by atoms with Crippen molar-refractivity contribution in [1.29, 1.82) is 0 Å². The van der Waals surface area contributed by atoms with E-state index in [4.69, 9.17) is 23.2 Å². The van der Waals surface area contributed by atoms with E-state index in [-0.39, 0.29) is 26.1 Å². The van der Waals surface area contributed by atoms with Crippen molar-refractivity contribution in [3.63, 3.8) is 0 Å². The Hall–Kier alpha value is -1.42. The van der Waals surface area contributed by atoms with Gasteiger partial charge in [-0.15, -0.1) is 10.2 Å². The van der Waals surface area contributed by atoms with Crippen molar-refractivity contribution in [2.75, 3.05) is 10.0 Å². The fourth-order valence-corrected chi connectivity index (χ4v) is 3.66. The largest absolute Gasteiger partial charge is 0.300 e. The lowest BCUT2D eigenvalue weighted by Gasteiger charge is -2.15. The SMILES string of the molecule is CC(C)(C)C(=O)Nc1nnc(S(=O)(=O)Nc2ccc(Cl)c(Cl)c2)s1. The van der Waals surface area contributed by atoms with Gasteiger partial charge in [0.15, 0.2) is 0 Å². The zero-order chi connectivity index (χ0) is 18.1. The summed E-state index contributed by atoms with van der Waals surface area (Å²) in [5, 5.41) is 10.4. The summed E-state index contributed by atoms with van der Waals surface area (Å²) in [7, 11) is -3.95. The molecule has 11 heteroatoms. The lowest BCUT2D eigenvalue weighted by Crippen LogP contribution is -2.27. The van der Waals surface area contributed by atoms with Crippen LogP contribution in [0.3, 0.4) is 0 Å². The molecule has 2 rings (SSSR count). The molecule has 0 saturated carbocycles. The second kappa shape index (κ2) is 6.83. The maximum Gasteiger partial charge on any atom is 0.291 e. The molecule has 2 N–H and O–H groups in total. The minimum Gasteiger partial charge on any atom is -0.300 e. The van der Waals surface area contributed by atoms with E-state index >= 15 is 0 Å². The first kappa shape index (κ1) is 18.9. The maximum absolute atomic E-state index is 12.3. The van der Waals surface area contributed by atoms with Crippen LogP contribution in [-0.2, 0) is 14.8 Å². The van der Waals surface area contributed by atoms with E-state index in [1.807, 2.05) is 0 Å². The van der Waals surface area contributed by atoms with Gasteiger partial charge in [0.1, 0.15) is 0 Å². The summed E-state index contributed by atoms with van der Waals surface area (Å²) in [4.78, 5) is 11.9. The smallest absolute Gasteiger partial charge is 0.291 e. The van der Waals surface area contributed by atoms with Crippen LogP contribution in [0.15, 0.2) is 22.5 Å². The first-order valence-electron chi connectivity index (χ1n) is 6.62. The predicted octanol–water partition coefficient (Wildman–Crippen LogP) is 3.63. The fraction of sp³-hybridized carbons (Fsp3) is 0.308. The molecule has 0 aliphatic carbocycles.